The average Bonchev–Trinajstić information content (AvgIpc) is 2.40. The third-order valence-corrected chi connectivity index (χ3v) is 2.96. The number of rotatable bonds is 4. The van der Waals surface area contributed by atoms with E-state index in [4.69, 9.17) is 5.73 Å². The summed E-state index contributed by atoms with van der Waals surface area (Å²) in [5, 5.41) is 2.71. The van der Waals surface area contributed by atoms with E-state index in [-0.39, 0.29) is 11.7 Å². The molecule has 1 aromatic heterocycles. The first-order valence-electron chi connectivity index (χ1n) is 6.31. The van der Waals surface area contributed by atoms with Gasteiger partial charge < -0.3 is 11.1 Å². The van der Waals surface area contributed by atoms with Crippen molar-refractivity contribution in [1.82, 2.24) is 10.3 Å². The summed E-state index contributed by atoms with van der Waals surface area (Å²) in [6, 6.07) is 8.15. The molecule has 20 heavy (non-hydrogen) atoms. The van der Waals surface area contributed by atoms with Crippen LogP contribution < -0.4 is 11.1 Å². The van der Waals surface area contributed by atoms with Crippen molar-refractivity contribution in [2.24, 2.45) is 0 Å². The maximum Gasteiger partial charge on any atom is 0.254 e. The number of nitrogens with one attached hydrogen (secondary N) is 1. The van der Waals surface area contributed by atoms with E-state index in [1.54, 1.807) is 31.2 Å². The number of amides is 1. The first kappa shape index (κ1) is 14.0. The zero-order valence-corrected chi connectivity index (χ0v) is 11.2. The largest absolute Gasteiger partial charge is 0.398 e. The SMILES string of the molecule is Cc1cc(N)c(C(=O)NCCc2ccccc2F)cn1. The van der Waals surface area contributed by atoms with Crippen LogP contribution in [0.2, 0.25) is 0 Å². The fraction of sp³-hybridized carbons (Fsp3) is 0.200. The lowest BCUT2D eigenvalue weighted by Crippen LogP contribution is -2.27. The number of carbonyl (C=O) groups is 1. The molecule has 0 atom stereocenters. The number of hydrogen-bond acceptors (Lipinski definition) is 3. The van der Waals surface area contributed by atoms with Gasteiger partial charge in [0.15, 0.2) is 0 Å². The number of pyridine rings is 1. The van der Waals surface area contributed by atoms with E-state index in [1.165, 1.54) is 12.3 Å². The average molecular weight is 273 g/mol. The maximum atomic E-state index is 13.4. The van der Waals surface area contributed by atoms with Crippen molar-refractivity contribution in [3.05, 3.63) is 59.2 Å². The molecule has 1 amide bonds. The van der Waals surface area contributed by atoms with Crippen LogP contribution >= 0.6 is 0 Å². The molecule has 1 aromatic carbocycles. The Labute approximate surface area is 116 Å². The maximum absolute atomic E-state index is 13.4. The summed E-state index contributed by atoms with van der Waals surface area (Å²) in [6.45, 7) is 2.14. The van der Waals surface area contributed by atoms with Crippen molar-refractivity contribution < 1.29 is 9.18 Å². The van der Waals surface area contributed by atoms with Crippen molar-refractivity contribution >= 4 is 11.6 Å². The fourth-order valence-electron chi connectivity index (χ4n) is 1.88. The van der Waals surface area contributed by atoms with E-state index >= 15 is 0 Å². The third kappa shape index (κ3) is 3.32. The first-order chi connectivity index (χ1) is 9.58. The number of aromatic nitrogens is 1. The van der Waals surface area contributed by atoms with Gasteiger partial charge in [-0.15, -0.1) is 0 Å². The highest BCUT2D eigenvalue weighted by Crippen LogP contribution is 2.11. The van der Waals surface area contributed by atoms with Gasteiger partial charge in [0.25, 0.3) is 5.91 Å². The fourth-order valence-corrected chi connectivity index (χ4v) is 1.88. The number of carbonyl (C=O) groups excluding carboxylic acids is 1. The Bertz CT molecular complexity index is 628. The van der Waals surface area contributed by atoms with Gasteiger partial charge in [-0.3, -0.25) is 9.78 Å². The van der Waals surface area contributed by atoms with Crippen molar-refractivity contribution in [3.8, 4) is 0 Å². The summed E-state index contributed by atoms with van der Waals surface area (Å²) in [5.41, 5.74) is 7.82. The number of nitrogen functional groups attached to an aromatic ring is 1. The first-order valence-corrected chi connectivity index (χ1v) is 6.31. The summed E-state index contributed by atoms with van der Waals surface area (Å²) < 4.78 is 13.4. The highest BCUT2D eigenvalue weighted by molar-refractivity contribution is 5.98. The number of anilines is 1. The van der Waals surface area contributed by atoms with Gasteiger partial charge in [-0.1, -0.05) is 18.2 Å². The van der Waals surface area contributed by atoms with Crippen LogP contribution in [0, 0.1) is 12.7 Å². The minimum atomic E-state index is -0.300. The molecule has 0 fully saturated rings. The summed E-state index contributed by atoms with van der Waals surface area (Å²) in [6.07, 6.45) is 1.88. The van der Waals surface area contributed by atoms with Crippen LogP contribution in [0.25, 0.3) is 0 Å². The van der Waals surface area contributed by atoms with Crippen LogP contribution in [0.3, 0.4) is 0 Å². The number of nitrogens with zero attached hydrogens (tertiary/aromatic N) is 1. The van der Waals surface area contributed by atoms with Crippen LogP contribution in [-0.2, 0) is 6.42 Å². The monoisotopic (exact) mass is 273 g/mol. The Balaban J connectivity index is 1.94. The molecule has 0 bridgehead atoms. The van der Waals surface area contributed by atoms with Gasteiger partial charge in [0, 0.05) is 24.1 Å². The van der Waals surface area contributed by atoms with Gasteiger partial charge in [-0.05, 0) is 31.0 Å². The van der Waals surface area contributed by atoms with Crippen LogP contribution in [0.4, 0.5) is 10.1 Å². The highest BCUT2D eigenvalue weighted by atomic mass is 19.1. The molecule has 0 unspecified atom stereocenters. The Hall–Kier alpha value is -2.43. The molecule has 0 aliphatic carbocycles. The number of halogens is 1. The number of hydrogen-bond donors (Lipinski definition) is 2. The molecule has 2 aromatic rings. The predicted octanol–water partition coefficient (Wildman–Crippen LogP) is 2.08. The van der Waals surface area contributed by atoms with Crippen molar-refractivity contribution in [1.29, 1.82) is 0 Å². The highest BCUT2D eigenvalue weighted by Gasteiger charge is 2.10. The Morgan fingerprint density at radius 3 is 2.85 bits per heavy atom. The summed E-state index contributed by atoms with van der Waals surface area (Å²) in [5.74, 6) is -0.565. The number of benzene rings is 1. The lowest BCUT2D eigenvalue weighted by atomic mass is 10.1. The van der Waals surface area contributed by atoms with Crippen LogP contribution in [-0.4, -0.2) is 17.4 Å². The van der Waals surface area contributed by atoms with Crippen molar-refractivity contribution in [3.63, 3.8) is 0 Å². The third-order valence-electron chi connectivity index (χ3n) is 2.96. The van der Waals surface area contributed by atoms with E-state index in [1.807, 2.05) is 0 Å². The molecule has 4 nitrogen and oxygen atoms in total. The van der Waals surface area contributed by atoms with Gasteiger partial charge in [-0.25, -0.2) is 4.39 Å². The molecule has 0 radical (unpaired) electrons. The van der Waals surface area contributed by atoms with Gasteiger partial charge >= 0.3 is 0 Å². The Morgan fingerprint density at radius 1 is 1.40 bits per heavy atom. The molecule has 3 N–H and O–H groups in total. The summed E-state index contributed by atoms with van der Waals surface area (Å²) >= 11 is 0. The molecule has 0 saturated carbocycles. The van der Waals surface area contributed by atoms with Crippen LogP contribution in [0.5, 0.6) is 0 Å². The topological polar surface area (TPSA) is 68.0 Å². The quantitative estimate of drug-likeness (QED) is 0.896. The standard InChI is InChI=1S/C15H16FN3O/c1-10-8-14(17)12(9-19-10)15(20)18-7-6-11-4-2-3-5-13(11)16/h2-5,8-9H,6-7H2,1H3,(H2,17,19)(H,18,20). The zero-order chi connectivity index (χ0) is 14.5. The number of nitrogens with two attached hydrogens (primary N) is 1. The van der Waals surface area contributed by atoms with E-state index in [0.29, 0.717) is 29.8 Å². The Morgan fingerprint density at radius 2 is 2.15 bits per heavy atom. The molecule has 0 aliphatic heterocycles. The minimum absolute atomic E-state index is 0.265. The van der Waals surface area contributed by atoms with E-state index in [2.05, 4.69) is 10.3 Å². The summed E-state index contributed by atoms with van der Waals surface area (Å²) in [4.78, 5) is 16.0. The molecule has 5 heteroatoms. The van der Waals surface area contributed by atoms with E-state index in [9.17, 15) is 9.18 Å². The molecule has 1 heterocycles. The predicted molar refractivity (Wildman–Crippen MR) is 75.8 cm³/mol. The van der Waals surface area contributed by atoms with Crippen LogP contribution in [0.15, 0.2) is 36.5 Å². The molecule has 0 saturated heterocycles. The van der Waals surface area contributed by atoms with E-state index < -0.39 is 0 Å². The molecular formula is C15H16FN3O. The summed E-state index contributed by atoms with van der Waals surface area (Å²) in [7, 11) is 0. The second kappa shape index (κ2) is 6.14. The van der Waals surface area contributed by atoms with Crippen molar-refractivity contribution in [2.75, 3.05) is 12.3 Å². The molecule has 104 valence electrons. The second-order valence-electron chi connectivity index (χ2n) is 4.51. The smallest absolute Gasteiger partial charge is 0.254 e. The van der Waals surface area contributed by atoms with Gasteiger partial charge in [0.1, 0.15) is 5.82 Å². The van der Waals surface area contributed by atoms with Gasteiger partial charge in [-0.2, -0.15) is 0 Å². The van der Waals surface area contributed by atoms with Crippen LogP contribution in [0.1, 0.15) is 21.6 Å². The lowest BCUT2D eigenvalue weighted by Gasteiger charge is -2.08. The zero-order valence-electron chi connectivity index (χ0n) is 11.2. The lowest BCUT2D eigenvalue weighted by molar-refractivity contribution is 0.0954. The van der Waals surface area contributed by atoms with Crippen molar-refractivity contribution in [2.45, 2.75) is 13.3 Å². The van der Waals surface area contributed by atoms with E-state index in [0.717, 1.165) is 5.69 Å². The Kier molecular flexibility index (Phi) is 4.30. The normalized spacial score (nSPS) is 10.3. The number of aryl methyl sites for hydroxylation is 1. The molecular weight excluding hydrogens is 257 g/mol. The molecule has 2 rings (SSSR count). The van der Waals surface area contributed by atoms with Gasteiger partial charge in [0.05, 0.1) is 5.56 Å². The van der Waals surface area contributed by atoms with Gasteiger partial charge in [0.2, 0.25) is 0 Å². The molecule has 0 aliphatic rings. The minimum Gasteiger partial charge on any atom is -0.398 e. The molecule has 0 spiro atoms. The second-order valence-corrected chi connectivity index (χ2v) is 4.51.